The summed E-state index contributed by atoms with van der Waals surface area (Å²) in [6.07, 6.45) is 5.40. The second-order valence-electron chi connectivity index (χ2n) is 8.95. The number of rotatable bonds is 12. The summed E-state index contributed by atoms with van der Waals surface area (Å²) >= 11 is 0. The predicted octanol–water partition coefficient (Wildman–Crippen LogP) is 2.37. The van der Waals surface area contributed by atoms with E-state index < -0.39 is 25.4 Å². The van der Waals surface area contributed by atoms with Gasteiger partial charge in [0.25, 0.3) is 0 Å². The molecule has 1 aliphatic carbocycles. The Labute approximate surface area is 191 Å². The largest absolute Gasteiger partial charge is 0.635 e. The van der Waals surface area contributed by atoms with E-state index in [1.54, 1.807) is 7.11 Å². The quantitative estimate of drug-likeness (QED) is 0.222. The van der Waals surface area contributed by atoms with Gasteiger partial charge in [-0.25, -0.2) is 0 Å². The zero-order valence-electron chi connectivity index (χ0n) is 19.4. The average Bonchev–Trinajstić information content (AvgIpc) is 2.75. The zero-order chi connectivity index (χ0) is 23.5. The molecule has 1 aliphatic rings. The van der Waals surface area contributed by atoms with Gasteiger partial charge in [0, 0.05) is 6.54 Å². The van der Waals surface area contributed by atoms with Crippen molar-refractivity contribution in [3.05, 3.63) is 29.8 Å². The topological polar surface area (TPSA) is 117 Å². The lowest BCUT2D eigenvalue weighted by atomic mass is 9.82. The van der Waals surface area contributed by atoms with Crippen LogP contribution in [0, 0.1) is 17.8 Å². The summed E-state index contributed by atoms with van der Waals surface area (Å²) in [7, 11) is -0.418. The van der Waals surface area contributed by atoms with E-state index in [1.165, 1.54) is 6.42 Å². The summed E-state index contributed by atoms with van der Waals surface area (Å²) in [5.74, 6) is -0.510. The first-order chi connectivity index (χ1) is 15.3. The van der Waals surface area contributed by atoms with Crippen molar-refractivity contribution in [2.75, 3.05) is 7.11 Å². The minimum Gasteiger partial charge on any atom is -0.497 e. The van der Waals surface area contributed by atoms with Gasteiger partial charge in [-0.15, -0.1) is 0 Å². The Balaban J connectivity index is 2.08. The van der Waals surface area contributed by atoms with Crippen molar-refractivity contribution in [3.63, 3.8) is 0 Å². The molecule has 1 aromatic rings. The molecule has 0 aliphatic heterocycles. The van der Waals surface area contributed by atoms with Crippen molar-refractivity contribution in [2.45, 2.75) is 71.6 Å². The highest BCUT2D eigenvalue weighted by atomic mass is 16.6. The van der Waals surface area contributed by atoms with Gasteiger partial charge in [0.05, 0.1) is 7.11 Å². The number of hydrogen-bond donors (Lipinski definition) is 4. The molecule has 0 bridgehead atoms. The van der Waals surface area contributed by atoms with Crippen LogP contribution in [-0.2, 0) is 20.8 Å². The molecule has 4 N–H and O–H groups in total. The minimum absolute atomic E-state index is 0.151. The van der Waals surface area contributed by atoms with Crippen molar-refractivity contribution in [1.29, 1.82) is 0 Å². The van der Waals surface area contributed by atoms with Crippen LogP contribution in [0.25, 0.3) is 0 Å². The third kappa shape index (κ3) is 9.18. The van der Waals surface area contributed by atoms with Crippen molar-refractivity contribution in [2.24, 2.45) is 17.8 Å². The molecule has 2 rings (SSSR count). The van der Waals surface area contributed by atoms with Gasteiger partial charge < -0.3 is 30.1 Å². The van der Waals surface area contributed by atoms with Crippen molar-refractivity contribution >= 4 is 19.1 Å². The number of nitrogens with one attached hydrogen (secondary N) is 2. The number of carbonyl (C=O) groups is 2. The summed E-state index contributed by atoms with van der Waals surface area (Å²) in [5, 5.41) is 24.0. The minimum atomic E-state index is -2.00. The molecule has 1 fully saturated rings. The van der Waals surface area contributed by atoms with Gasteiger partial charge in [0.15, 0.2) is 0 Å². The maximum Gasteiger partial charge on any atom is 0.635 e. The molecule has 1 saturated carbocycles. The number of amides is 2. The van der Waals surface area contributed by atoms with E-state index in [0.29, 0.717) is 24.5 Å². The first kappa shape index (κ1) is 26.2. The molecule has 0 radical (unpaired) electrons. The third-order valence-electron chi connectivity index (χ3n) is 5.80. The highest BCUT2D eigenvalue weighted by Crippen LogP contribution is 2.29. The molecule has 0 heterocycles. The highest BCUT2D eigenvalue weighted by Gasteiger charge is 2.32. The maximum absolute atomic E-state index is 13.1. The zero-order valence-corrected chi connectivity index (χ0v) is 19.4. The molecule has 8 nitrogen and oxygen atoms in total. The van der Waals surface area contributed by atoms with Gasteiger partial charge in [-0.05, 0) is 42.4 Å². The van der Waals surface area contributed by atoms with Gasteiger partial charge in [-0.3, -0.25) is 9.59 Å². The van der Waals surface area contributed by atoms with Gasteiger partial charge in [0.1, 0.15) is 17.9 Å². The lowest BCUT2D eigenvalue weighted by molar-refractivity contribution is -0.138. The second-order valence-corrected chi connectivity index (χ2v) is 8.95. The van der Waals surface area contributed by atoms with E-state index in [1.807, 2.05) is 38.1 Å². The Morgan fingerprint density at radius 2 is 1.88 bits per heavy atom. The lowest BCUT2D eigenvalue weighted by Crippen LogP contribution is -2.48. The van der Waals surface area contributed by atoms with Crippen LogP contribution in [0.15, 0.2) is 24.3 Å². The Morgan fingerprint density at radius 1 is 1.16 bits per heavy atom. The van der Waals surface area contributed by atoms with E-state index >= 15 is 0 Å². The first-order valence-electron chi connectivity index (χ1n) is 11.5. The number of carbonyl (C=O) groups excluding carboxylic acids is 2. The van der Waals surface area contributed by atoms with E-state index in [-0.39, 0.29) is 18.4 Å². The number of hydrogen-bond acceptors (Lipinski definition) is 6. The molecule has 178 valence electrons. The van der Waals surface area contributed by atoms with Crippen molar-refractivity contribution in [1.82, 2.24) is 10.6 Å². The molecular weight excluding hydrogens is 411 g/mol. The monoisotopic (exact) mass is 448 g/mol. The van der Waals surface area contributed by atoms with Crippen LogP contribution >= 0.6 is 0 Å². The molecule has 0 aromatic heterocycles. The molecule has 0 saturated heterocycles. The average molecular weight is 448 g/mol. The van der Waals surface area contributed by atoms with E-state index in [9.17, 15) is 19.6 Å². The molecule has 9 heteroatoms. The summed E-state index contributed by atoms with van der Waals surface area (Å²) in [6, 6.07) is 7.40. The predicted molar refractivity (Wildman–Crippen MR) is 122 cm³/mol. The van der Waals surface area contributed by atoms with Gasteiger partial charge in [0.2, 0.25) is 11.8 Å². The van der Waals surface area contributed by atoms with Crippen LogP contribution in [0.1, 0.15) is 64.4 Å². The smallest absolute Gasteiger partial charge is 0.497 e. The van der Waals surface area contributed by atoms with E-state index in [0.717, 1.165) is 31.2 Å². The summed E-state index contributed by atoms with van der Waals surface area (Å²) < 4.78 is 10.3. The lowest BCUT2D eigenvalue weighted by Gasteiger charge is -2.28. The van der Waals surface area contributed by atoms with Crippen LogP contribution in [0.2, 0.25) is 0 Å². The van der Waals surface area contributed by atoms with Gasteiger partial charge >= 0.3 is 7.32 Å². The highest BCUT2D eigenvalue weighted by molar-refractivity contribution is 6.32. The standard InChI is InChI=1S/C23H37BN2O6/c1-16(2)12-21(32-24(29)30)26-23(28)20(14-17-8-5-4-6-9-17)22(27)25-15-18-10-7-11-19(13-18)31-3/h7,10-11,13,16-17,20-21,29-30H,4-6,8-9,12,14-15H2,1-3H3,(H,25,27)(H,26,28)/t20?,21-/m1/s1. The van der Waals surface area contributed by atoms with Crippen LogP contribution in [0.4, 0.5) is 0 Å². The van der Waals surface area contributed by atoms with Crippen molar-refractivity contribution in [3.8, 4) is 5.75 Å². The van der Waals surface area contributed by atoms with E-state index in [4.69, 9.17) is 9.39 Å². The Kier molecular flexibility index (Phi) is 11.0. The van der Waals surface area contributed by atoms with E-state index in [2.05, 4.69) is 10.6 Å². The molecule has 32 heavy (non-hydrogen) atoms. The van der Waals surface area contributed by atoms with Crippen LogP contribution in [0.5, 0.6) is 5.75 Å². The van der Waals surface area contributed by atoms with Crippen LogP contribution in [-0.4, -0.2) is 42.5 Å². The Bertz CT molecular complexity index is 714. The number of benzene rings is 1. The molecule has 1 aromatic carbocycles. The fraction of sp³-hybridized carbons (Fsp3) is 0.652. The SMILES string of the molecule is COc1cccc(CNC(=O)C(CC2CCCCC2)C(=O)N[C@@H](CC(C)C)OB(O)O)c1. The summed E-state index contributed by atoms with van der Waals surface area (Å²) in [4.78, 5) is 26.2. The first-order valence-corrected chi connectivity index (χ1v) is 11.5. The van der Waals surface area contributed by atoms with Crippen LogP contribution < -0.4 is 15.4 Å². The Hall–Kier alpha value is -2.10. The summed E-state index contributed by atoms with van der Waals surface area (Å²) in [6.45, 7) is 4.16. The molecule has 0 spiro atoms. The van der Waals surface area contributed by atoms with Crippen LogP contribution in [0.3, 0.4) is 0 Å². The molecule has 2 amide bonds. The molecule has 2 atom stereocenters. The number of methoxy groups -OCH3 is 1. The maximum atomic E-state index is 13.1. The van der Waals surface area contributed by atoms with Gasteiger partial charge in [-0.2, -0.15) is 0 Å². The normalized spacial score (nSPS) is 16.3. The number of ether oxygens (including phenoxy) is 1. The molecular formula is C23H37BN2O6. The molecule has 1 unspecified atom stereocenters. The van der Waals surface area contributed by atoms with Crippen molar-refractivity contribution < 1.29 is 29.0 Å². The second kappa shape index (κ2) is 13.5. The Morgan fingerprint density at radius 3 is 2.50 bits per heavy atom. The summed E-state index contributed by atoms with van der Waals surface area (Å²) in [5.41, 5.74) is 0.874. The van der Waals surface area contributed by atoms with Gasteiger partial charge in [-0.1, -0.05) is 58.1 Å². The fourth-order valence-corrected chi connectivity index (χ4v) is 4.17. The third-order valence-corrected chi connectivity index (χ3v) is 5.80. The fourth-order valence-electron chi connectivity index (χ4n) is 4.17.